The Kier molecular flexibility index (Phi) is 6.36. The van der Waals surface area contributed by atoms with Crippen molar-refractivity contribution in [2.45, 2.75) is 19.9 Å². The summed E-state index contributed by atoms with van der Waals surface area (Å²) in [6, 6.07) is 11.4. The molecule has 0 bridgehead atoms. The molecule has 1 heterocycles. The van der Waals surface area contributed by atoms with Crippen molar-refractivity contribution >= 4 is 17.5 Å². The zero-order valence-electron chi connectivity index (χ0n) is 16.9. The number of anilines is 1. The van der Waals surface area contributed by atoms with Gasteiger partial charge >= 0.3 is 0 Å². The highest BCUT2D eigenvalue weighted by Crippen LogP contribution is 2.34. The molecule has 2 aromatic rings. The van der Waals surface area contributed by atoms with Crippen LogP contribution in [0.2, 0.25) is 0 Å². The average molecular weight is 400 g/mol. The number of hydrogen-bond donors (Lipinski definition) is 0. The Morgan fingerprint density at radius 1 is 1.17 bits per heavy atom. The van der Waals surface area contributed by atoms with E-state index in [1.165, 1.54) is 19.2 Å². The van der Waals surface area contributed by atoms with Crippen LogP contribution in [0.5, 0.6) is 11.5 Å². The summed E-state index contributed by atoms with van der Waals surface area (Å²) in [6.45, 7) is 2.97. The van der Waals surface area contributed by atoms with E-state index in [2.05, 4.69) is 0 Å². The first-order chi connectivity index (χ1) is 14.0. The summed E-state index contributed by atoms with van der Waals surface area (Å²) in [4.78, 5) is 28.9. The lowest BCUT2D eigenvalue weighted by atomic mass is 10.1. The maximum Gasteiger partial charge on any atom is 0.228 e. The summed E-state index contributed by atoms with van der Waals surface area (Å²) < 4.78 is 24.0. The minimum absolute atomic E-state index is 0.104. The molecule has 0 N–H and O–H groups in total. The molecular formula is C22H25FN2O4. The lowest BCUT2D eigenvalue weighted by Gasteiger charge is -2.24. The first-order valence-electron chi connectivity index (χ1n) is 9.52. The fourth-order valence-corrected chi connectivity index (χ4v) is 3.57. The number of benzene rings is 2. The van der Waals surface area contributed by atoms with Crippen LogP contribution in [0.3, 0.4) is 0 Å². The molecule has 29 heavy (non-hydrogen) atoms. The van der Waals surface area contributed by atoms with Crippen molar-refractivity contribution in [2.75, 3.05) is 32.2 Å². The summed E-state index contributed by atoms with van der Waals surface area (Å²) in [5.41, 5.74) is 1.39. The van der Waals surface area contributed by atoms with E-state index in [-0.39, 0.29) is 24.1 Å². The van der Waals surface area contributed by atoms with Gasteiger partial charge in [0.2, 0.25) is 11.8 Å². The van der Waals surface area contributed by atoms with Gasteiger partial charge in [-0.25, -0.2) is 4.39 Å². The van der Waals surface area contributed by atoms with Crippen molar-refractivity contribution in [2.24, 2.45) is 5.92 Å². The fraction of sp³-hybridized carbons (Fsp3) is 0.364. The van der Waals surface area contributed by atoms with Crippen molar-refractivity contribution in [1.29, 1.82) is 0 Å². The summed E-state index contributed by atoms with van der Waals surface area (Å²) >= 11 is 0. The zero-order valence-corrected chi connectivity index (χ0v) is 16.9. The molecule has 1 atom stereocenters. The van der Waals surface area contributed by atoms with Gasteiger partial charge in [0.15, 0.2) is 11.5 Å². The fourth-order valence-electron chi connectivity index (χ4n) is 3.57. The molecule has 1 unspecified atom stereocenters. The molecule has 7 heteroatoms. The van der Waals surface area contributed by atoms with Crippen LogP contribution in [0.1, 0.15) is 18.9 Å². The number of nitrogens with zero attached hydrogens (tertiary/aromatic N) is 2. The van der Waals surface area contributed by atoms with Gasteiger partial charge in [0.1, 0.15) is 5.82 Å². The van der Waals surface area contributed by atoms with Crippen LogP contribution in [0, 0.1) is 11.7 Å². The SMILES string of the molecule is CCN(Cc1cccc(F)c1)C(=O)C1CC(=O)N(c2ccc(OC)c(OC)c2)C1. The van der Waals surface area contributed by atoms with Gasteiger partial charge < -0.3 is 19.3 Å². The Morgan fingerprint density at radius 2 is 1.93 bits per heavy atom. The van der Waals surface area contributed by atoms with Crippen molar-refractivity contribution in [3.63, 3.8) is 0 Å². The van der Waals surface area contributed by atoms with E-state index >= 15 is 0 Å². The van der Waals surface area contributed by atoms with Crippen molar-refractivity contribution in [3.8, 4) is 11.5 Å². The Labute approximate surface area is 169 Å². The number of ether oxygens (including phenoxy) is 2. The van der Waals surface area contributed by atoms with Gasteiger partial charge in [0.25, 0.3) is 0 Å². The van der Waals surface area contributed by atoms with Crippen molar-refractivity contribution in [1.82, 2.24) is 4.90 Å². The summed E-state index contributed by atoms with van der Waals surface area (Å²) in [5, 5.41) is 0. The highest BCUT2D eigenvalue weighted by molar-refractivity contribution is 6.00. The molecule has 0 radical (unpaired) electrons. The van der Waals surface area contributed by atoms with Crippen LogP contribution in [0.25, 0.3) is 0 Å². The van der Waals surface area contributed by atoms with E-state index in [1.807, 2.05) is 6.92 Å². The molecule has 3 rings (SSSR count). The number of carbonyl (C=O) groups is 2. The quantitative estimate of drug-likeness (QED) is 0.716. The number of halogens is 1. The minimum Gasteiger partial charge on any atom is -0.493 e. The molecule has 1 aliphatic rings. The van der Waals surface area contributed by atoms with Crippen LogP contribution in [-0.2, 0) is 16.1 Å². The first kappa shape index (κ1) is 20.6. The monoisotopic (exact) mass is 400 g/mol. The second-order valence-electron chi connectivity index (χ2n) is 6.93. The van der Waals surface area contributed by atoms with Gasteiger partial charge in [0, 0.05) is 37.8 Å². The highest BCUT2D eigenvalue weighted by Gasteiger charge is 2.37. The lowest BCUT2D eigenvalue weighted by Crippen LogP contribution is -2.37. The maximum absolute atomic E-state index is 13.5. The van der Waals surface area contributed by atoms with Gasteiger partial charge in [0.05, 0.1) is 20.1 Å². The van der Waals surface area contributed by atoms with Gasteiger partial charge in [-0.1, -0.05) is 12.1 Å². The van der Waals surface area contributed by atoms with E-state index in [9.17, 15) is 14.0 Å². The predicted octanol–water partition coefficient (Wildman–Crippen LogP) is 3.24. The number of carbonyl (C=O) groups excluding carboxylic acids is 2. The molecule has 0 saturated carbocycles. The summed E-state index contributed by atoms with van der Waals surface area (Å²) in [6.07, 6.45) is 0.146. The van der Waals surface area contributed by atoms with Gasteiger partial charge in [-0.05, 0) is 36.8 Å². The molecule has 1 saturated heterocycles. The van der Waals surface area contributed by atoms with E-state index in [1.54, 1.807) is 47.2 Å². The Bertz CT molecular complexity index is 902. The van der Waals surface area contributed by atoms with Gasteiger partial charge in [-0.2, -0.15) is 0 Å². The number of hydrogen-bond acceptors (Lipinski definition) is 4. The molecule has 0 aromatic heterocycles. The van der Waals surface area contributed by atoms with E-state index in [0.29, 0.717) is 36.8 Å². The van der Waals surface area contributed by atoms with Gasteiger partial charge in [-0.3, -0.25) is 9.59 Å². The molecule has 1 aliphatic heterocycles. The first-order valence-corrected chi connectivity index (χ1v) is 9.52. The van der Waals surface area contributed by atoms with Crippen molar-refractivity contribution < 1.29 is 23.5 Å². The molecule has 2 aromatic carbocycles. The minimum atomic E-state index is -0.441. The summed E-state index contributed by atoms with van der Waals surface area (Å²) in [7, 11) is 3.08. The molecule has 6 nitrogen and oxygen atoms in total. The normalized spacial score (nSPS) is 16.1. The third-order valence-corrected chi connectivity index (χ3v) is 5.11. The average Bonchev–Trinajstić information content (AvgIpc) is 3.12. The second kappa shape index (κ2) is 8.94. The maximum atomic E-state index is 13.5. The smallest absolute Gasteiger partial charge is 0.228 e. The van der Waals surface area contributed by atoms with Crippen molar-refractivity contribution in [3.05, 3.63) is 53.8 Å². The number of rotatable bonds is 7. The number of amides is 2. The zero-order chi connectivity index (χ0) is 21.0. The molecule has 0 aliphatic carbocycles. The largest absolute Gasteiger partial charge is 0.493 e. The Morgan fingerprint density at radius 3 is 2.59 bits per heavy atom. The molecule has 2 amide bonds. The Hall–Kier alpha value is -3.09. The third-order valence-electron chi connectivity index (χ3n) is 5.11. The number of methoxy groups -OCH3 is 2. The molecule has 154 valence electrons. The van der Waals surface area contributed by atoms with Crippen LogP contribution >= 0.6 is 0 Å². The summed E-state index contributed by atoms with van der Waals surface area (Å²) in [5.74, 6) is 0.105. The molecule has 1 fully saturated rings. The van der Waals surface area contributed by atoms with Gasteiger partial charge in [-0.15, -0.1) is 0 Å². The third kappa shape index (κ3) is 4.50. The standard InChI is InChI=1S/C22H25FN2O4/c1-4-24(13-15-6-5-7-17(23)10-15)22(27)16-11-21(26)25(14-16)18-8-9-19(28-2)20(12-18)29-3/h5-10,12,16H,4,11,13-14H2,1-3H3. The highest BCUT2D eigenvalue weighted by atomic mass is 19.1. The van der Waals surface area contributed by atoms with Crippen LogP contribution in [0.15, 0.2) is 42.5 Å². The predicted molar refractivity (Wildman–Crippen MR) is 107 cm³/mol. The Balaban J connectivity index is 1.73. The molecular weight excluding hydrogens is 375 g/mol. The lowest BCUT2D eigenvalue weighted by molar-refractivity contribution is -0.136. The topological polar surface area (TPSA) is 59.1 Å². The van der Waals surface area contributed by atoms with E-state index in [4.69, 9.17) is 9.47 Å². The van der Waals surface area contributed by atoms with E-state index < -0.39 is 5.92 Å². The van der Waals surface area contributed by atoms with E-state index in [0.717, 1.165) is 5.56 Å². The second-order valence-corrected chi connectivity index (χ2v) is 6.93. The van der Waals surface area contributed by atoms with Crippen LogP contribution in [-0.4, -0.2) is 44.0 Å². The van der Waals surface area contributed by atoms with Crippen LogP contribution < -0.4 is 14.4 Å². The van der Waals surface area contributed by atoms with Crippen LogP contribution in [0.4, 0.5) is 10.1 Å². The molecule has 0 spiro atoms.